The van der Waals surface area contributed by atoms with Gasteiger partial charge in [0.2, 0.25) is 5.54 Å². The Morgan fingerprint density at radius 2 is 1.87 bits per heavy atom. The van der Waals surface area contributed by atoms with Crippen molar-refractivity contribution in [2.45, 2.75) is 39.0 Å². The summed E-state index contributed by atoms with van der Waals surface area (Å²) in [6.07, 6.45) is 1.86. The highest BCUT2D eigenvalue weighted by molar-refractivity contribution is 7.92. The number of rotatable bonds is 2. The molecule has 0 aliphatic carbocycles. The molecular weight excluding hydrogens is 228 g/mol. The molecule has 1 aliphatic rings. The van der Waals surface area contributed by atoms with E-state index in [1.54, 1.807) is 8.55 Å². The fraction of sp³-hybridized carbons (Fsp3) is 0.778. The van der Waals surface area contributed by atoms with E-state index in [2.05, 4.69) is 0 Å². The molecule has 0 saturated carbocycles. The third-order valence-corrected chi connectivity index (χ3v) is 5.20. The van der Waals surface area contributed by atoms with Crippen LogP contribution in [-0.2, 0) is 4.79 Å². The molecule has 86 valence electrons. The van der Waals surface area contributed by atoms with E-state index in [1.807, 2.05) is 39.7 Å². The van der Waals surface area contributed by atoms with E-state index in [0.29, 0.717) is 0 Å². The molecule has 0 spiro atoms. The van der Waals surface area contributed by atoms with Gasteiger partial charge >= 0.3 is 11.9 Å². The molecular formula is C9H19N2O2SSi+. The Hall–Kier alpha value is -0.493. The molecule has 0 unspecified atom stereocenters. The minimum absolute atomic E-state index is 0.00600. The van der Waals surface area contributed by atoms with Gasteiger partial charge in [-0.05, 0) is 33.5 Å². The van der Waals surface area contributed by atoms with Crippen molar-refractivity contribution >= 4 is 32.1 Å². The summed E-state index contributed by atoms with van der Waals surface area (Å²) >= 11 is 1.38. The number of nitrogens with zero attached hydrogens (tertiary/aromatic N) is 2. The molecule has 1 N–H and O–H groups in total. The number of carbonyl (C=O) groups is 1. The lowest BCUT2D eigenvalue weighted by atomic mass is 10.1. The Balaban J connectivity index is 3.27. The topological polar surface area (TPSA) is 43.6 Å². The fourth-order valence-corrected chi connectivity index (χ4v) is 4.14. The maximum absolute atomic E-state index is 12.2. The predicted octanol–water partition coefficient (Wildman–Crippen LogP) is 1.65. The van der Waals surface area contributed by atoms with E-state index in [-0.39, 0.29) is 11.9 Å². The van der Waals surface area contributed by atoms with E-state index in [4.69, 9.17) is 0 Å². The van der Waals surface area contributed by atoms with Crippen molar-refractivity contribution in [1.82, 2.24) is 4.57 Å². The van der Waals surface area contributed by atoms with Gasteiger partial charge in [0, 0.05) is 6.26 Å². The minimum Gasteiger partial charge on any atom is -0.447 e. The maximum atomic E-state index is 12.2. The van der Waals surface area contributed by atoms with Crippen LogP contribution in [0.5, 0.6) is 0 Å². The molecule has 1 amide bonds. The largest absolute Gasteiger partial charge is 0.449 e. The summed E-state index contributed by atoms with van der Waals surface area (Å²) in [5.41, 5.74) is -0.649. The lowest BCUT2D eigenvalue weighted by molar-refractivity contribution is -0.425. The number of amides is 1. The zero-order valence-corrected chi connectivity index (χ0v) is 12.0. The zero-order valence-electron chi connectivity index (χ0n) is 10.2. The van der Waals surface area contributed by atoms with Gasteiger partial charge in [0.25, 0.3) is 8.24 Å². The van der Waals surface area contributed by atoms with Gasteiger partial charge in [-0.2, -0.15) is 0 Å². The van der Waals surface area contributed by atoms with E-state index < -0.39 is 13.8 Å². The number of carbonyl (C=O) groups excluding carboxylic acids is 1. The Kier molecular flexibility index (Phi) is 2.95. The minimum atomic E-state index is -1.86. The van der Waals surface area contributed by atoms with E-state index in [0.717, 1.165) is 0 Å². The standard InChI is InChI=1S/C9H18N2O2SSi/c1-9(2)7(12)10(15(4,5)6)8(13)11(9)14-3/h1-6H3/p+1. The number of amidine groups is 1. The quantitative estimate of drug-likeness (QED) is 0.458. The fourth-order valence-electron chi connectivity index (χ4n) is 1.71. The zero-order chi connectivity index (χ0) is 12.0. The number of hydrogen-bond donors (Lipinski definition) is 1. The Labute approximate surface area is 96.2 Å². The molecule has 1 heterocycles. The molecule has 1 aliphatic heterocycles. The van der Waals surface area contributed by atoms with Crippen molar-refractivity contribution in [3.63, 3.8) is 0 Å². The van der Waals surface area contributed by atoms with Gasteiger partial charge in [-0.15, -0.1) is 3.98 Å². The molecule has 0 bridgehead atoms. The van der Waals surface area contributed by atoms with Crippen molar-refractivity contribution < 1.29 is 13.9 Å². The summed E-state index contributed by atoms with van der Waals surface area (Å²) in [6, 6.07) is 0.0941. The van der Waals surface area contributed by atoms with Crippen LogP contribution >= 0.6 is 11.9 Å². The molecule has 0 aromatic heterocycles. The molecule has 0 atom stereocenters. The Morgan fingerprint density at radius 3 is 2.07 bits per heavy atom. The first kappa shape index (κ1) is 12.6. The first-order valence-corrected chi connectivity index (χ1v) is 9.52. The van der Waals surface area contributed by atoms with Gasteiger partial charge < -0.3 is 5.11 Å². The summed E-state index contributed by atoms with van der Waals surface area (Å²) in [5.74, 6) is -0.00600. The molecule has 0 saturated heterocycles. The van der Waals surface area contributed by atoms with Gasteiger partial charge in [-0.3, -0.25) is 0 Å². The first-order chi connectivity index (χ1) is 6.64. The average Bonchev–Trinajstić information content (AvgIpc) is 2.17. The average molecular weight is 247 g/mol. The SMILES string of the molecule is CS[N+]1=C(O)N([Si](C)(C)C)C(=O)C1(C)C. The van der Waals surface area contributed by atoms with Crippen LogP contribution in [0.25, 0.3) is 0 Å². The third-order valence-electron chi connectivity index (χ3n) is 2.47. The highest BCUT2D eigenvalue weighted by Crippen LogP contribution is 2.29. The van der Waals surface area contributed by atoms with Crippen molar-refractivity contribution in [3.05, 3.63) is 0 Å². The van der Waals surface area contributed by atoms with E-state index in [1.165, 1.54) is 11.9 Å². The molecule has 0 aromatic carbocycles. The highest BCUT2D eigenvalue weighted by Gasteiger charge is 2.58. The second-order valence-corrected chi connectivity index (χ2v) is 10.7. The first-order valence-electron chi connectivity index (χ1n) is 4.89. The molecule has 0 aromatic rings. The van der Waals surface area contributed by atoms with Crippen LogP contribution in [0, 0.1) is 0 Å². The van der Waals surface area contributed by atoms with Crippen LogP contribution in [0.3, 0.4) is 0 Å². The summed E-state index contributed by atoms with van der Waals surface area (Å²) in [6.45, 7) is 9.80. The molecule has 0 fully saturated rings. The Bertz CT molecular complexity index is 333. The van der Waals surface area contributed by atoms with E-state index in [9.17, 15) is 9.90 Å². The van der Waals surface area contributed by atoms with Crippen LogP contribution in [0.15, 0.2) is 0 Å². The van der Waals surface area contributed by atoms with Crippen molar-refractivity contribution in [3.8, 4) is 0 Å². The molecule has 1 rings (SSSR count). The van der Waals surface area contributed by atoms with Crippen molar-refractivity contribution in [1.29, 1.82) is 0 Å². The van der Waals surface area contributed by atoms with E-state index >= 15 is 0 Å². The smallest absolute Gasteiger partial charge is 0.447 e. The van der Waals surface area contributed by atoms with Gasteiger partial charge in [0.05, 0.1) is 11.9 Å². The molecule has 0 radical (unpaired) electrons. The second kappa shape index (κ2) is 3.52. The van der Waals surface area contributed by atoms with Crippen LogP contribution in [0.4, 0.5) is 0 Å². The van der Waals surface area contributed by atoms with Gasteiger partial charge in [-0.1, -0.05) is 0 Å². The van der Waals surface area contributed by atoms with Gasteiger partial charge in [-0.25, -0.2) is 9.36 Å². The van der Waals surface area contributed by atoms with Gasteiger partial charge in [0.1, 0.15) is 0 Å². The summed E-state index contributed by atoms with van der Waals surface area (Å²) in [5, 5.41) is 10.1. The predicted molar refractivity (Wildman–Crippen MR) is 65.7 cm³/mol. The second-order valence-electron chi connectivity index (χ2n) is 5.15. The van der Waals surface area contributed by atoms with Crippen LogP contribution in [0.1, 0.15) is 13.8 Å². The highest BCUT2D eigenvalue weighted by atomic mass is 32.2. The number of aliphatic hydroxyl groups excluding tert-OH is 1. The van der Waals surface area contributed by atoms with Gasteiger partial charge in [0.15, 0.2) is 0 Å². The third kappa shape index (κ3) is 1.80. The molecule has 4 nitrogen and oxygen atoms in total. The van der Waals surface area contributed by atoms with Crippen LogP contribution < -0.4 is 0 Å². The maximum Gasteiger partial charge on any atom is 0.449 e. The lowest BCUT2D eigenvalue weighted by Gasteiger charge is -2.21. The molecule has 6 heteroatoms. The van der Waals surface area contributed by atoms with Crippen LogP contribution in [-0.4, -0.2) is 45.6 Å². The lowest BCUT2D eigenvalue weighted by Crippen LogP contribution is -2.53. The normalized spacial score (nSPS) is 21.5. The summed E-state index contributed by atoms with van der Waals surface area (Å²) in [4.78, 5) is 12.2. The van der Waals surface area contributed by atoms with Crippen molar-refractivity contribution in [2.75, 3.05) is 6.26 Å². The monoisotopic (exact) mass is 247 g/mol. The Morgan fingerprint density at radius 1 is 1.40 bits per heavy atom. The van der Waals surface area contributed by atoms with Crippen molar-refractivity contribution in [2.24, 2.45) is 0 Å². The number of hydrogen-bond acceptors (Lipinski definition) is 2. The number of aliphatic hydroxyl groups is 1. The summed E-state index contributed by atoms with van der Waals surface area (Å²) in [7, 11) is -1.86. The molecule has 15 heavy (non-hydrogen) atoms. The van der Waals surface area contributed by atoms with Crippen LogP contribution in [0.2, 0.25) is 19.6 Å². The summed E-state index contributed by atoms with van der Waals surface area (Å²) < 4.78 is 3.26.